The zero-order valence-electron chi connectivity index (χ0n) is 9.60. The molecule has 0 spiro atoms. The van der Waals surface area contributed by atoms with Crippen LogP contribution in [0.1, 0.15) is 0 Å². The second-order valence-corrected chi connectivity index (χ2v) is 4.60. The van der Waals surface area contributed by atoms with Crippen LogP contribution >= 0.6 is 11.3 Å². The molecule has 0 saturated carbocycles. The first-order chi connectivity index (χ1) is 7.70. The maximum Gasteiger partial charge on any atom is 0.119 e. The number of rotatable bonds is 3. The highest BCUT2D eigenvalue weighted by molar-refractivity contribution is 7.17. The minimum atomic E-state index is 0.868. The number of fused-ring (bicyclic) bond motifs is 1. The normalized spacial score (nSPS) is 11.2. The number of hydrogen-bond acceptors (Lipinski definition) is 3. The minimum absolute atomic E-state index is 0.868. The van der Waals surface area contributed by atoms with Crippen LogP contribution in [-0.4, -0.2) is 32.4 Å². The van der Waals surface area contributed by atoms with Crippen LogP contribution in [0.5, 0.6) is 5.75 Å². The first-order valence-corrected chi connectivity index (χ1v) is 5.84. The Bertz CT molecular complexity index is 517. The van der Waals surface area contributed by atoms with Gasteiger partial charge in [-0.3, -0.25) is 0 Å². The predicted octanol–water partition coefficient (Wildman–Crippen LogP) is 3.13. The second-order valence-electron chi connectivity index (χ2n) is 3.69. The van der Waals surface area contributed by atoms with Gasteiger partial charge in [0, 0.05) is 29.6 Å². The van der Waals surface area contributed by atoms with Gasteiger partial charge in [-0.25, -0.2) is 4.99 Å². The molecule has 0 fully saturated rings. The number of thiophene rings is 1. The molecule has 0 radical (unpaired) electrons. The second kappa shape index (κ2) is 4.53. The Kier molecular flexibility index (Phi) is 3.10. The summed E-state index contributed by atoms with van der Waals surface area (Å²) in [4.78, 5) is 6.35. The summed E-state index contributed by atoms with van der Waals surface area (Å²) in [5, 5.41) is 3.20. The molecule has 16 heavy (non-hydrogen) atoms. The number of nitrogens with zero attached hydrogens (tertiary/aromatic N) is 2. The summed E-state index contributed by atoms with van der Waals surface area (Å²) in [6.07, 6.45) is 1.81. The van der Waals surface area contributed by atoms with Gasteiger partial charge in [-0.05, 0) is 18.2 Å². The van der Waals surface area contributed by atoms with E-state index in [4.69, 9.17) is 4.74 Å². The fraction of sp³-hybridized carbons (Fsp3) is 0.250. The Morgan fingerprint density at radius 3 is 2.88 bits per heavy atom. The number of hydrogen-bond donors (Lipinski definition) is 0. The minimum Gasteiger partial charge on any atom is -0.497 e. The van der Waals surface area contributed by atoms with Crippen molar-refractivity contribution in [2.75, 3.05) is 21.2 Å². The summed E-state index contributed by atoms with van der Waals surface area (Å²) in [6.45, 7) is 0. The lowest BCUT2D eigenvalue weighted by Gasteiger charge is -2.02. The van der Waals surface area contributed by atoms with E-state index in [2.05, 4.69) is 16.4 Å². The van der Waals surface area contributed by atoms with Gasteiger partial charge in [0.15, 0.2) is 0 Å². The first kappa shape index (κ1) is 11.0. The van der Waals surface area contributed by atoms with Gasteiger partial charge < -0.3 is 9.64 Å². The molecular weight excluding hydrogens is 220 g/mol. The van der Waals surface area contributed by atoms with Crippen molar-refractivity contribution in [2.24, 2.45) is 4.99 Å². The van der Waals surface area contributed by atoms with E-state index >= 15 is 0 Å². The highest BCUT2D eigenvalue weighted by atomic mass is 32.1. The number of aliphatic imine (C=N–C) groups is 1. The van der Waals surface area contributed by atoms with E-state index < -0.39 is 0 Å². The van der Waals surface area contributed by atoms with Crippen molar-refractivity contribution in [3.63, 3.8) is 0 Å². The molecule has 0 N–H and O–H groups in total. The zero-order chi connectivity index (χ0) is 11.5. The van der Waals surface area contributed by atoms with Crippen molar-refractivity contribution in [2.45, 2.75) is 0 Å². The molecule has 84 valence electrons. The summed E-state index contributed by atoms with van der Waals surface area (Å²) in [7, 11) is 5.59. The van der Waals surface area contributed by atoms with Crippen LogP contribution in [0.2, 0.25) is 0 Å². The first-order valence-electron chi connectivity index (χ1n) is 4.96. The quantitative estimate of drug-likeness (QED) is 0.602. The molecule has 1 aromatic carbocycles. The van der Waals surface area contributed by atoms with Crippen molar-refractivity contribution in [1.82, 2.24) is 4.90 Å². The lowest BCUT2D eigenvalue weighted by molar-refractivity contribution is 0.415. The zero-order valence-corrected chi connectivity index (χ0v) is 10.4. The molecule has 2 rings (SSSR count). The van der Waals surface area contributed by atoms with Crippen molar-refractivity contribution in [1.29, 1.82) is 0 Å². The molecule has 0 saturated heterocycles. The SMILES string of the molecule is COc1ccc2scc(N=CN(C)C)c2c1. The predicted molar refractivity (Wildman–Crippen MR) is 70.2 cm³/mol. The fourth-order valence-electron chi connectivity index (χ4n) is 1.40. The molecule has 2 aromatic rings. The van der Waals surface area contributed by atoms with Crippen LogP contribution in [0.3, 0.4) is 0 Å². The summed E-state index contributed by atoms with van der Waals surface area (Å²) in [6, 6.07) is 6.06. The van der Waals surface area contributed by atoms with Gasteiger partial charge in [0.05, 0.1) is 19.1 Å². The van der Waals surface area contributed by atoms with Crippen LogP contribution < -0.4 is 4.74 Å². The largest absolute Gasteiger partial charge is 0.497 e. The topological polar surface area (TPSA) is 24.8 Å². The molecule has 1 aromatic heterocycles. The average Bonchev–Trinajstić information content (AvgIpc) is 2.68. The highest BCUT2D eigenvalue weighted by Crippen LogP contribution is 2.34. The standard InChI is InChI=1S/C12H14N2OS/c1-14(2)8-13-11-7-16-12-5-4-9(15-3)6-10(11)12/h4-8H,1-3H3. The lowest BCUT2D eigenvalue weighted by atomic mass is 10.2. The van der Waals surface area contributed by atoms with E-state index in [-0.39, 0.29) is 0 Å². The molecule has 0 unspecified atom stereocenters. The molecule has 3 nitrogen and oxygen atoms in total. The molecule has 0 aliphatic heterocycles. The Balaban J connectivity index is 2.45. The van der Waals surface area contributed by atoms with E-state index in [1.807, 2.05) is 31.1 Å². The fourth-order valence-corrected chi connectivity index (χ4v) is 2.26. The van der Waals surface area contributed by atoms with E-state index in [0.29, 0.717) is 0 Å². The highest BCUT2D eigenvalue weighted by Gasteiger charge is 2.03. The smallest absolute Gasteiger partial charge is 0.119 e. The lowest BCUT2D eigenvalue weighted by Crippen LogP contribution is -2.06. The van der Waals surface area contributed by atoms with Gasteiger partial charge in [0.1, 0.15) is 5.75 Å². The van der Waals surface area contributed by atoms with E-state index in [1.165, 1.54) is 4.70 Å². The monoisotopic (exact) mass is 234 g/mol. The molecule has 1 heterocycles. The third kappa shape index (κ3) is 2.17. The van der Waals surface area contributed by atoms with Crippen LogP contribution in [0.4, 0.5) is 5.69 Å². The van der Waals surface area contributed by atoms with Gasteiger partial charge in [-0.15, -0.1) is 11.3 Å². The number of methoxy groups -OCH3 is 1. The van der Waals surface area contributed by atoms with E-state index in [1.54, 1.807) is 24.8 Å². The van der Waals surface area contributed by atoms with Crippen LogP contribution in [-0.2, 0) is 0 Å². The molecule has 0 amide bonds. The Morgan fingerprint density at radius 2 is 2.19 bits per heavy atom. The van der Waals surface area contributed by atoms with E-state index in [9.17, 15) is 0 Å². The van der Waals surface area contributed by atoms with Crippen LogP contribution in [0.15, 0.2) is 28.6 Å². The maximum absolute atomic E-state index is 5.21. The van der Waals surface area contributed by atoms with Gasteiger partial charge >= 0.3 is 0 Å². The summed E-state index contributed by atoms with van der Waals surface area (Å²) < 4.78 is 6.44. The van der Waals surface area contributed by atoms with Crippen molar-refractivity contribution in [3.8, 4) is 5.75 Å². The number of ether oxygens (including phenoxy) is 1. The number of benzene rings is 1. The van der Waals surface area contributed by atoms with Crippen molar-refractivity contribution < 1.29 is 4.74 Å². The molecule has 0 atom stereocenters. The van der Waals surface area contributed by atoms with Crippen molar-refractivity contribution in [3.05, 3.63) is 23.6 Å². The summed E-state index contributed by atoms with van der Waals surface area (Å²) in [5.41, 5.74) is 0.993. The van der Waals surface area contributed by atoms with Crippen LogP contribution in [0.25, 0.3) is 10.1 Å². The molecule has 0 bridgehead atoms. The summed E-state index contributed by atoms with van der Waals surface area (Å²) in [5.74, 6) is 0.868. The molecule has 4 heteroatoms. The Hall–Kier alpha value is -1.55. The van der Waals surface area contributed by atoms with E-state index in [0.717, 1.165) is 16.8 Å². The van der Waals surface area contributed by atoms with Gasteiger partial charge in [-0.1, -0.05) is 0 Å². The third-order valence-corrected chi connectivity index (χ3v) is 3.14. The Morgan fingerprint density at radius 1 is 1.38 bits per heavy atom. The van der Waals surface area contributed by atoms with Gasteiger partial charge in [-0.2, -0.15) is 0 Å². The van der Waals surface area contributed by atoms with Gasteiger partial charge in [0.2, 0.25) is 0 Å². The maximum atomic E-state index is 5.21. The molecular formula is C12H14N2OS. The molecule has 0 aliphatic carbocycles. The van der Waals surface area contributed by atoms with Gasteiger partial charge in [0.25, 0.3) is 0 Å². The Labute approximate surface area is 99.0 Å². The average molecular weight is 234 g/mol. The van der Waals surface area contributed by atoms with Crippen LogP contribution in [0, 0.1) is 0 Å². The summed E-state index contributed by atoms with van der Waals surface area (Å²) >= 11 is 1.70. The third-order valence-electron chi connectivity index (χ3n) is 2.19. The molecule has 0 aliphatic rings. The van der Waals surface area contributed by atoms with Crippen molar-refractivity contribution >= 4 is 33.4 Å².